The van der Waals surface area contributed by atoms with Gasteiger partial charge in [-0.3, -0.25) is 9.69 Å². The lowest BCUT2D eigenvalue weighted by Gasteiger charge is -2.30. The van der Waals surface area contributed by atoms with Gasteiger partial charge in [-0.25, -0.2) is 4.39 Å². The lowest BCUT2D eigenvalue weighted by atomic mass is 10.1. The van der Waals surface area contributed by atoms with Crippen LogP contribution in [0.2, 0.25) is 0 Å². The van der Waals surface area contributed by atoms with Gasteiger partial charge >= 0.3 is 0 Å². The van der Waals surface area contributed by atoms with Gasteiger partial charge in [-0.05, 0) is 62.3 Å². The maximum absolute atomic E-state index is 13.2. The molecule has 1 aromatic carbocycles. The van der Waals surface area contributed by atoms with Crippen molar-refractivity contribution in [2.75, 3.05) is 44.2 Å². The van der Waals surface area contributed by atoms with Gasteiger partial charge in [-0.2, -0.15) is 0 Å². The van der Waals surface area contributed by atoms with Crippen LogP contribution >= 0.6 is 0 Å². The molecular formula is C21H30FN3O. The van der Waals surface area contributed by atoms with Crippen molar-refractivity contribution in [1.29, 1.82) is 0 Å². The largest absolute Gasteiger partial charge is 0.370 e. The second-order valence-electron chi connectivity index (χ2n) is 8.12. The third kappa shape index (κ3) is 4.37. The lowest BCUT2D eigenvalue weighted by molar-refractivity contribution is -0.130. The van der Waals surface area contributed by atoms with Crippen LogP contribution in [-0.2, 0) is 4.79 Å². The molecule has 2 heterocycles. The number of amides is 1. The first-order chi connectivity index (χ1) is 12.7. The Morgan fingerprint density at radius 2 is 1.73 bits per heavy atom. The van der Waals surface area contributed by atoms with Crippen LogP contribution in [0.25, 0.3) is 0 Å². The number of likely N-dealkylation sites (tertiary alicyclic amines) is 1. The highest BCUT2D eigenvalue weighted by Crippen LogP contribution is 2.31. The molecule has 5 heteroatoms. The fourth-order valence-electron chi connectivity index (χ4n) is 4.41. The molecule has 2 aliphatic heterocycles. The van der Waals surface area contributed by atoms with Gasteiger partial charge in [0.1, 0.15) is 5.82 Å². The minimum atomic E-state index is -0.177. The van der Waals surface area contributed by atoms with Gasteiger partial charge in [0.2, 0.25) is 5.91 Å². The van der Waals surface area contributed by atoms with Crippen LogP contribution in [-0.4, -0.2) is 61.0 Å². The molecule has 0 spiro atoms. The van der Waals surface area contributed by atoms with E-state index in [0.717, 1.165) is 70.1 Å². The predicted octanol–water partition coefficient (Wildman–Crippen LogP) is 3.13. The van der Waals surface area contributed by atoms with E-state index in [2.05, 4.69) is 14.7 Å². The Morgan fingerprint density at radius 1 is 0.923 bits per heavy atom. The summed E-state index contributed by atoms with van der Waals surface area (Å²) in [5, 5.41) is 0. The van der Waals surface area contributed by atoms with E-state index >= 15 is 0 Å². The number of benzene rings is 1. The summed E-state index contributed by atoms with van der Waals surface area (Å²) in [6.45, 7) is 6.03. The summed E-state index contributed by atoms with van der Waals surface area (Å²) in [6.07, 6.45) is 6.53. The summed E-state index contributed by atoms with van der Waals surface area (Å²) in [5.41, 5.74) is 1.11. The molecule has 3 aliphatic rings. The van der Waals surface area contributed by atoms with Crippen molar-refractivity contribution >= 4 is 11.6 Å². The van der Waals surface area contributed by atoms with Crippen LogP contribution in [0, 0.1) is 11.7 Å². The Morgan fingerprint density at radius 3 is 2.50 bits per heavy atom. The molecule has 2 saturated heterocycles. The molecule has 1 saturated carbocycles. The zero-order chi connectivity index (χ0) is 17.9. The van der Waals surface area contributed by atoms with E-state index in [4.69, 9.17) is 0 Å². The Balaban J connectivity index is 1.33. The van der Waals surface area contributed by atoms with Gasteiger partial charge in [-0.1, -0.05) is 0 Å². The smallest absolute Gasteiger partial charge is 0.222 e. The summed E-state index contributed by atoms with van der Waals surface area (Å²) in [7, 11) is 0. The molecule has 1 unspecified atom stereocenters. The van der Waals surface area contributed by atoms with Crippen molar-refractivity contribution in [2.24, 2.45) is 5.92 Å². The molecule has 1 aromatic rings. The lowest BCUT2D eigenvalue weighted by Crippen LogP contribution is -2.39. The quantitative estimate of drug-likeness (QED) is 0.826. The summed E-state index contributed by atoms with van der Waals surface area (Å²) < 4.78 is 13.2. The maximum Gasteiger partial charge on any atom is 0.222 e. The molecule has 4 nitrogen and oxygen atoms in total. The molecule has 0 bridgehead atoms. The second kappa shape index (κ2) is 7.95. The van der Waals surface area contributed by atoms with E-state index in [9.17, 15) is 9.18 Å². The number of hydrogen-bond acceptors (Lipinski definition) is 3. The van der Waals surface area contributed by atoms with Crippen molar-refractivity contribution in [2.45, 2.75) is 44.6 Å². The second-order valence-corrected chi connectivity index (χ2v) is 8.12. The van der Waals surface area contributed by atoms with E-state index in [-0.39, 0.29) is 5.82 Å². The van der Waals surface area contributed by atoms with Crippen LogP contribution in [0.15, 0.2) is 24.3 Å². The van der Waals surface area contributed by atoms with Gasteiger partial charge < -0.3 is 9.80 Å². The minimum absolute atomic E-state index is 0.177. The molecule has 1 atom stereocenters. The first-order valence-electron chi connectivity index (χ1n) is 10.2. The first kappa shape index (κ1) is 17.8. The molecule has 142 valence electrons. The molecule has 0 N–H and O–H groups in total. The summed E-state index contributed by atoms with van der Waals surface area (Å²) in [4.78, 5) is 19.5. The third-order valence-corrected chi connectivity index (χ3v) is 6.19. The van der Waals surface area contributed by atoms with Crippen LogP contribution in [0.4, 0.5) is 10.1 Å². The molecule has 1 aliphatic carbocycles. The van der Waals surface area contributed by atoms with Crippen molar-refractivity contribution in [1.82, 2.24) is 9.80 Å². The fraction of sp³-hybridized carbons (Fsp3) is 0.667. The summed E-state index contributed by atoms with van der Waals surface area (Å²) in [6, 6.07) is 7.37. The number of nitrogens with zero attached hydrogens (tertiary/aromatic N) is 3. The third-order valence-electron chi connectivity index (χ3n) is 6.19. The number of hydrogen-bond donors (Lipinski definition) is 0. The van der Waals surface area contributed by atoms with Crippen LogP contribution < -0.4 is 4.90 Å². The predicted molar refractivity (Wildman–Crippen MR) is 102 cm³/mol. The van der Waals surface area contributed by atoms with Crippen molar-refractivity contribution in [3.63, 3.8) is 0 Å². The highest BCUT2D eigenvalue weighted by atomic mass is 19.1. The number of carbonyl (C=O) groups excluding carboxylic acids is 1. The normalized spacial score (nSPS) is 25.9. The number of anilines is 1. The highest BCUT2D eigenvalue weighted by molar-refractivity contribution is 5.76. The van der Waals surface area contributed by atoms with E-state index in [1.807, 2.05) is 12.1 Å². The number of halogens is 1. The Labute approximate surface area is 155 Å². The molecule has 4 rings (SSSR count). The van der Waals surface area contributed by atoms with Gasteiger partial charge in [0, 0.05) is 57.4 Å². The van der Waals surface area contributed by atoms with Gasteiger partial charge in [-0.15, -0.1) is 0 Å². The van der Waals surface area contributed by atoms with Crippen LogP contribution in [0.3, 0.4) is 0 Å². The van der Waals surface area contributed by atoms with E-state index in [0.29, 0.717) is 18.4 Å². The SMILES string of the molecule is O=C1CCC(N2CCCN(c3ccc(F)cc3)CC2)CCN1CC1CC1. The van der Waals surface area contributed by atoms with Crippen molar-refractivity contribution < 1.29 is 9.18 Å². The molecule has 26 heavy (non-hydrogen) atoms. The van der Waals surface area contributed by atoms with E-state index in [1.54, 1.807) is 12.1 Å². The van der Waals surface area contributed by atoms with E-state index < -0.39 is 0 Å². The average molecular weight is 359 g/mol. The minimum Gasteiger partial charge on any atom is -0.370 e. The van der Waals surface area contributed by atoms with Crippen LogP contribution in [0.5, 0.6) is 0 Å². The molecule has 1 amide bonds. The Kier molecular flexibility index (Phi) is 5.44. The highest BCUT2D eigenvalue weighted by Gasteiger charge is 2.31. The number of rotatable bonds is 4. The van der Waals surface area contributed by atoms with Gasteiger partial charge in [0.15, 0.2) is 0 Å². The maximum atomic E-state index is 13.2. The Hall–Kier alpha value is -1.62. The Bertz CT molecular complexity index is 616. The van der Waals surface area contributed by atoms with Crippen LogP contribution in [0.1, 0.15) is 38.5 Å². The van der Waals surface area contributed by atoms with Crippen molar-refractivity contribution in [3.8, 4) is 0 Å². The monoisotopic (exact) mass is 359 g/mol. The molecular weight excluding hydrogens is 329 g/mol. The fourth-order valence-corrected chi connectivity index (χ4v) is 4.41. The molecule has 0 radical (unpaired) electrons. The molecule has 0 aromatic heterocycles. The average Bonchev–Trinajstić information content (AvgIpc) is 3.48. The first-order valence-corrected chi connectivity index (χ1v) is 10.2. The zero-order valence-corrected chi connectivity index (χ0v) is 15.6. The summed E-state index contributed by atoms with van der Waals surface area (Å²) in [5.74, 6) is 0.962. The van der Waals surface area contributed by atoms with Gasteiger partial charge in [0.25, 0.3) is 0 Å². The zero-order valence-electron chi connectivity index (χ0n) is 15.6. The molecule has 3 fully saturated rings. The van der Waals surface area contributed by atoms with Crippen molar-refractivity contribution in [3.05, 3.63) is 30.1 Å². The standard InChI is InChI=1S/C21H30FN3O/c22-18-4-6-19(7-5-18)23-11-1-12-24(15-14-23)20-8-9-21(26)25(13-10-20)16-17-2-3-17/h4-7,17,20H,1-3,8-16H2. The summed E-state index contributed by atoms with van der Waals surface area (Å²) >= 11 is 0. The van der Waals surface area contributed by atoms with E-state index in [1.165, 1.54) is 12.8 Å². The van der Waals surface area contributed by atoms with Gasteiger partial charge in [0.05, 0.1) is 0 Å². The number of carbonyl (C=O) groups is 1. The topological polar surface area (TPSA) is 26.8 Å².